The van der Waals surface area contributed by atoms with Gasteiger partial charge in [-0.1, -0.05) is 13.8 Å². The summed E-state index contributed by atoms with van der Waals surface area (Å²) >= 11 is 0. The van der Waals surface area contributed by atoms with Crippen molar-refractivity contribution in [1.82, 2.24) is 4.90 Å². The molecule has 3 aliphatic rings. The first-order valence-corrected chi connectivity index (χ1v) is 12.1. The second kappa shape index (κ2) is 8.94. The van der Waals surface area contributed by atoms with E-state index in [9.17, 15) is 34.8 Å². The van der Waals surface area contributed by atoms with Crippen LogP contribution >= 0.6 is 0 Å². The van der Waals surface area contributed by atoms with Crippen molar-refractivity contribution in [2.45, 2.75) is 45.3 Å². The van der Waals surface area contributed by atoms with Gasteiger partial charge in [0.2, 0.25) is 5.78 Å². The molecule has 3 aliphatic carbocycles. The fourth-order valence-corrected chi connectivity index (χ4v) is 5.93. The van der Waals surface area contributed by atoms with E-state index in [4.69, 9.17) is 5.73 Å². The number of primary amides is 1. The quantitative estimate of drug-likeness (QED) is 0.363. The van der Waals surface area contributed by atoms with E-state index in [2.05, 4.69) is 4.90 Å². The number of hydrogen-bond acceptors (Lipinski definition) is 9. The predicted octanol–water partition coefficient (Wildman–Crippen LogP) is 1.33. The molecular formula is C26H33N3O7. The number of fused-ring (bicyclic) bond motifs is 3. The molecule has 0 saturated heterocycles. The van der Waals surface area contributed by atoms with Crippen LogP contribution in [0, 0.1) is 11.8 Å². The molecule has 3 atom stereocenters. The fourth-order valence-electron chi connectivity index (χ4n) is 5.93. The summed E-state index contributed by atoms with van der Waals surface area (Å²) in [5.74, 6) is -6.19. The third kappa shape index (κ3) is 3.58. The number of ketones is 2. The molecule has 36 heavy (non-hydrogen) atoms. The highest BCUT2D eigenvalue weighted by molar-refractivity contribution is 6.22. The van der Waals surface area contributed by atoms with E-state index in [1.807, 2.05) is 38.9 Å². The van der Waals surface area contributed by atoms with Crippen molar-refractivity contribution in [2.75, 3.05) is 32.1 Å². The summed E-state index contributed by atoms with van der Waals surface area (Å²) in [4.78, 5) is 41.9. The monoisotopic (exact) mass is 499 g/mol. The van der Waals surface area contributed by atoms with Crippen molar-refractivity contribution in [2.24, 2.45) is 17.6 Å². The molecule has 0 unspecified atom stereocenters. The van der Waals surface area contributed by atoms with Crippen LogP contribution in [-0.2, 0) is 27.3 Å². The Hall–Kier alpha value is -3.37. The van der Waals surface area contributed by atoms with Crippen LogP contribution in [-0.4, -0.2) is 75.6 Å². The molecule has 1 fully saturated rings. The molecule has 0 aliphatic heterocycles. The topological polar surface area (TPSA) is 165 Å². The highest BCUT2D eigenvalue weighted by Crippen LogP contribution is 2.53. The van der Waals surface area contributed by atoms with Gasteiger partial charge in [0, 0.05) is 49.8 Å². The molecule has 1 amide bonds. The molecule has 10 heteroatoms. The van der Waals surface area contributed by atoms with Gasteiger partial charge in [-0.25, -0.2) is 0 Å². The Morgan fingerprint density at radius 1 is 1.14 bits per heavy atom. The van der Waals surface area contributed by atoms with Gasteiger partial charge in [0.1, 0.15) is 22.8 Å². The number of carbonyl (C=O) groups excluding carboxylic acids is 3. The van der Waals surface area contributed by atoms with E-state index in [1.165, 1.54) is 0 Å². The number of Topliss-reactive ketones (excluding diaryl/α,β-unsaturated/α-hetero) is 2. The summed E-state index contributed by atoms with van der Waals surface area (Å²) in [6.45, 7) is 5.93. The van der Waals surface area contributed by atoms with Crippen molar-refractivity contribution < 1.29 is 34.8 Å². The summed E-state index contributed by atoms with van der Waals surface area (Å²) in [5, 5.41) is 44.7. The van der Waals surface area contributed by atoms with Gasteiger partial charge in [-0.3, -0.25) is 19.3 Å². The molecule has 4 rings (SSSR count). The van der Waals surface area contributed by atoms with Crippen LogP contribution in [0.1, 0.15) is 43.4 Å². The van der Waals surface area contributed by atoms with E-state index in [0.29, 0.717) is 17.7 Å². The van der Waals surface area contributed by atoms with Gasteiger partial charge >= 0.3 is 0 Å². The van der Waals surface area contributed by atoms with Gasteiger partial charge in [-0.2, -0.15) is 0 Å². The molecule has 6 N–H and O–H groups in total. The van der Waals surface area contributed by atoms with E-state index in [0.717, 1.165) is 18.8 Å². The van der Waals surface area contributed by atoms with Crippen LogP contribution in [0.2, 0.25) is 0 Å². The standard InChI is InChI=1S/C26H33N3O7/c1-5-29(6-2)11-13-9-16(28(3)4)15-8-12-7-14-10-17(30)20(25(27)35)24(34)26(14,36)23(33)18(12)22(32)19(15)21(13)31/h9,12,14,31-32,34,36H,5-8,10-11H2,1-4H3,(H2,27,35)/t12-,14+,26+/m1/s1. The van der Waals surface area contributed by atoms with Crippen molar-refractivity contribution in [1.29, 1.82) is 0 Å². The number of hydrogen-bond donors (Lipinski definition) is 5. The lowest BCUT2D eigenvalue weighted by atomic mass is 9.59. The zero-order valence-electron chi connectivity index (χ0n) is 21.0. The maximum absolute atomic E-state index is 13.7. The summed E-state index contributed by atoms with van der Waals surface area (Å²) in [6, 6.07) is 1.88. The average Bonchev–Trinajstić information content (AvgIpc) is 2.80. The van der Waals surface area contributed by atoms with E-state index in [-0.39, 0.29) is 36.1 Å². The first-order chi connectivity index (χ1) is 16.9. The van der Waals surface area contributed by atoms with Gasteiger partial charge in [-0.15, -0.1) is 0 Å². The minimum absolute atomic E-state index is 0.109. The van der Waals surface area contributed by atoms with E-state index < -0.39 is 52.0 Å². The third-order valence-electron chi connectivity index (χ3n) is 7.89. The maximum atomic E-state index is 13.7. The number of phenols is 1. The number of rotatable bonds is 6. The number of nitrogens with two attached hydrogens (primary N) is 1. The van der Waals surface area contributed by atoms with Crippen LogP contribution in [0.5, 0.6) is 5.75 Å². The number of benzene rings is 1. The second-order valence-corrected chi connectivity index (χ2v) is 10.0. The van der Waals surface area contributed by atoms with Gasteiger partial charge < -0.3 is 31.1 Å². The first-order valence-electron chi connectivity index (χ1n) is 12.1. The Morgan fingerprint density at radius 3 is 2.33 bits per heavy atom. The highest BCUT2D eigenvalue weighted by atomic mass is 16.3. The molecule has 1 aromatic carbocycles. The molecule has 1 saturated carbocycles. The molecular weight excluding hydrogens is 466 g/mol. The summed E-state index contributed by atoms with van der Waals surface area (Å²) in [7, 11) is 3.70. The Morgan fingerprint density at radius 2 is 1.78 bits per heavy atom. The molecule has 194 valence electrons. The normalized spacial score (nSPS) is 25.6. The third-order valence-corrected chi connectivity index (χ3v) is 7.89. The first kappa shape index (κ1) is 25.7. The van der Waals surface area contributed by atoms with Crippen molar-refractivity contribution in [3.05, 3.63) is 39.7 Å². The number of aromatic hydroxyl groups is 1. The van der Waals surface area contributed by atoms with Gasteiger partial charge in [-0.05, 0) is 43.5 Å². The molecule has 0 heterocycles. The number of carbonyl (C=O) groups is 3. The summed E-state index contributed by atoms with van der Waals surface area (Å²) in [6.07, 6.45) is 0.0509. The van der Waals surface area contributed by atoms with Crippen molar-refractivity contribution in [3.63, 3.8) is 0 Å². The lowest BCUT2D eigenvalue weighted by Crippen LogP contribution is -2.58. The van der Waals surface area contributed by atoms with Crippen molar-refractivity contribution in [3.8, 4) is 5.75 Å². The molecule has 0 bridgehead atoms. The number of phenolic OH excluding ortho intramolecular Hbond substituents is 1. The fraction of sp³-hybridized carbons (Fsp3) is 0.500. The van der Waals surface area contributed by atoms with E-state index >= 15 is 0 Å². The summed E-state index contributed by atoms with van der Waals surface area (Å²) in [5.41, 5.74) is 3.88. The Kier molecular flexibility index (Phi) is 6.38. The zero-order valence-corrected chi connectivity index (χ0v) is 21.0. The Balaban J connectivity index is 1.93. The van der Waals surface area contributed by atoms with Crippen LogP contribution in [0.25, 0.3) is 5.76 Å². The number of anilines is 1. The zero-order chi connectivity index (χ0) is 26.7. The molecule has 1 aromatic rings. The molecule has 0 aromatic heterocycles. The lowest BCUT2D eigenvalue weighted by Gasteiger charge is -2.46. The number of amides is 1. The summed E-state index contributed by atoms with van der Waals surface area (Å²) < 4.78 is 0. The van der Waals surface area contributed by atoms with Gasteiger partial charge in [0.15, 0.2) is 11.4 Å². The SMILES string of the molecule is CCN(CC)Cc1cc(N(C)C)c2c(c1O)C(O)=C1C(=O)[C@]3(O)C(O)=C(C(N)=O)C(=O)C[C@@H]3C[C@@H]1C2. The van der Waals surface area contributed by atoms with Crippen LogP contribution in [0.3, 0.4) is 0 Å². The number of aliphatic hydroxyl groups excluding tert-OH is 2. The lowest BCUT2D eigenvalue weighted by molar-refractivity contribution is -0.147. The number of aliphatic hydroxyl groups is 3. The Bertz CT molecular complexity index is 1230. The molecule has 0 radical (unpaired) electrons. The predicted molar refractivity (Wildman–Crippen MR) is 132 cm³/mol. The van der Waals surface area contributed by atoms with Crippen LogP contribution < -0.4 is 10.6 Å². The minimum atomic E-state index is -2.56. The largest absolute Gasteiger partial charge is 0.508 e. The van der Waals surface area contributed by atoms with Crippen LogP contribution in [0.15, 0.2) is 23.0 Å². The molecule has 10 nitrogen and oxygen atoms in total. The van der Waals surface area contributed by atoms with E-state index in [1.54, 1.807) is 0 Å². The minimum Gasteiger partial charge on any atom is -0.508 e. The Labute approximate surface area is 209 Å². The van der Waals surface area contributed by atoms with Crippen LogP contribution in [0.4, 0.5) is 5.69 Å². The smallest absolute Gasteiger partial charge is 0.255 e. The number of nitrogens with zero attached hydrogens (tertiary/aromatic N) is 2. The van der Waals surface area contributed by atoms with Gasteiger partial charge in [0.25, 0.3) is 5.91 Å². The maximum Gasteiger partial charge on any atom is 0.255 e. The van der Waals surface area contributed by atoms with Crippen molar-refractivity contribution >= 4 is 28.9 Å². The molecule has 0 spiro atoms. The van der Waals surface area contributed by atoms with Gasteiger partial charge in [0.05, 0.1) is 5.56 Å². The second-order valence-electron chi connectivity index (χ2n) is 10.0. The average molecular weight is 500 g/mol. The highest BCUT2D eigenvalue weighted by Gasteiger charge is 2.60.